The van der Waals surface area contributed by atoms with Crippen molar-refractivity contribution in [3.8, 4) is 11.8 Å². The number of hydrogen-bond donors (Lipinski definition) is 1. The van der Waals surface area contributed by atoms with E-state index in [0.717, 1.165) is 11.1 Å². The molecule has 0 aromatic heterocycles. The Labute approximate surface area is 137 Å². The molecule has 0 saturated carbocycles. The Morgan fingerprint density at radius 1 is 1.39 bits per heavy atom. The van der Waals surface area contributed by atoms with Gasteiger partial charge in [-0.1, -0.05) is 31.9 Å². The van der Waals surface area contributed by atoms with Crippen LogP contribution >= 0.6 is 0 Å². The van der Waals surface area contributed by atoms with Crippen LogP contribution in [0.4, 0.5) is 0 Å². The molecule has 5 heteroatoms. The number of aliphatic imine (C=N–C) groups is 1. The van der Waals surface area contributed by atoms with Crippen LogP contribution < -0.4 is 5.84 Å². The van der Waals surface area contributed by atoms with E-state index in [1.54, 1.807) is 6.21 Å². The van der Waals surface area contributed by atoms with Gasteiger partial charge in [-0.2, -0.15) is 5.10 Å². The van der Waals surface area contributed by atoms with Gasteiger partial charge in [-0.15, -0.1) is 0 Å². The molecule has 0 spiro atoms. The van der Waals surface area contributed by atoms with Crippen LogP contribution in [-0.4, -0.2) is 38.0 Å². The number of ether oxygens (including phenoxy) is 2. The van der Waals surface area contributed by atoms with E-state index in [1.165, 1.54) is 0 Å². The molecule has 0 bridgehead atoms. The first-order valence-electron chi connectivity index (χ1n) is 7.58. The molecule has 23 heavy (non-hydrogen) atoms. The number of nitrogens with two attached hydrogens (primary N) is 1. The highest BCUT2D eigenvalue weighted by Crippen LogP contribution is 2.22. The van der Waals surface area contributed by atoms with Gasteiger partial charge in [0.25, 0.3) is 0 Å². The Morgan fingerprint density at radius 2 is 2.13 bits per heavy atom. The topological polar surface area (TPSA) is 69.2 Å². The van der Waals surface area contributed by atoms with Crippen molar-refractivity contribution in [1.82, 2.24) is 0 Å². The number of benzene rings is 1. The van der Waals surface area contributed by atoms with E-state index >= 15 is 0 Å². The molecule has 122 valence electrons. The number of nitrogens with zero attached hydrogens (tertiary/aromatic N) is 2. The highest BCUT2D eigenvalue weighted by molar-refractivity contribution is 6.38. The lowest BCUT2D eigenvalue weighted by atomic mass is 9.96. The summed E-state index contributed by atoms with van der Waals surface area (Å²) in [6.45, 7) is 7.97. The molecule has 1 aliphatic rings. The van der Waals surface area contributed by atoms with Gasteiger partial charge in [0.2, 0.25) is 0 Å². The molecule has 1 aliphatic heterocycles. The molecule has 1 saturated heterocycles. The van der Waals surface area contributed by atoms with Gasteiger partial charge >= 0.3 is 0 Å². The minimum Gasteiger partial charge on any atom is -0.350 e. The zero-order valence-corrected chi connectivity index (χ0v) is 13.9. The second-order valence-corrected chi connectivity index (χ2v) is 6.34. The number of rotatable bonds is 3. The second-order valence-electron chi connectivity index (χ2n) is 6.34. The third-order valence-electron chi connectivity index (χ3n) is 3.28. The summed E-state index contributed by atoms with van der Waals surface area (Å²) in [5.41, 5.74) is 2.55. The highest BCUT2D eigenvalue weighted by Gasteiger charge is 2.27. The van der Waals surface area contributed by atoms with Crippen LogP contribution in [0.1, 0.15) is 25.0 Å². The summed E-state index contributed by atoms with van der Waals surface area (Å²) >= 11 is 0. The summed E-state index contributed by atoms with van der Waals surface area (Å²) in [7, 11) is 0. The Bertz CT molecular complexity index is 644. The van der Waals surface area contributed by atoms with E-state index in [0.29, 0.717) is 25.5 Å². The maximum Gasteiger partial charge on any atom is 0.176 e. The molecule has 1 heterocycles. The van der Waals surface area contributed by atoms with Gasteiger partial charge in [0.05, 0.1) is 26.0 Å². The fourth-order valence-corrected chi connectivity index (χ4v) is 2.01. The third-order valence-corrected chi connectivity index (χ3v) is 3.28. The Balaban J connectivity index is 1.88. The number of hydrazone groups is 1. The molecule has 5 nitrogen and oxygen atoms in total. The van der Waals surface area contributed by atoms with Crippen molar-refractivity contribution in [3.05, 3.63) is 35.4 Å². The standard InChI is InChI=1S/C18H23N3O2/c1-14-5-4-6-15(9-14)7-8-16(21-19)10-20-11-17-22-12-18(2,3)13-23-17/h4-6,9-10,17H,11-13,19H2,1-3H3/b20-10?,21-16-. The van der Waals surface area contributed by atoms with Crippen LogP contribution in [0.5, 0.6) is 0 Å². The van der Waals surface area contributed by atoms with Crippen LogP contribution in [-0.2, 0) is 9.47 Å². The summed E-state index contributed by atoms with van der Waals surface area (Å²) in [4.78, 5) is 4.26. The van der Waals surface area contributed by atoms with Gasteiger partial charge < -0.3 is 15.3 Å². The van der Waals surface area contributed by atoms with Crippen molar-refractivity contribution < 1.29 is 9.47 Å². The van der Waals surface area contributed by atoms with Gasteiger partial charge in [0, 0.05) is 11.0 Å². The molecular weight excluding hydrogens is 290 g/mol. The molecule has 1 aromatic rings. The van der Waals surface area contributed by atoms with Crippen molar-refractivity contribution in [2.24, 2.45) is 21.4 Å². The number of aryl methyl sites for hydroxylation is 1. The van der Waals surface area contributed by atoms with Crippen molar-refractivity contribution in [1.29, 1.82) is 0 Å². The van der Waals surface area contributed by atoms with Gasteiger partial charge in [0.1, 0.15) is 0 Å². The predicted octanol–water partition coefficient (Wildman–Crippen LogP) is 2.13. The molecule has 1 aromatic carbocycles. The third kappa shape index (κ3) is 5.85. The van der Waals surface area contributed by atoms with E-state index in [1.807, 2.05) is 31.2 Å². The summed E-state index contributed by atoms with van der Waals surface area (Å²) in [6, 6.07) is 7.93. The zero-order chi connectivity index (χ0) is 16.7. The van der Waals surface area contributed by atoms with Crippen LogP contribution in [0.15, 0.2) is 34.4 Å². The molecular formula is C18H23N3O2. The Morgan fingerprint density at radius 3 is 2.78 bits per heavy atom. The lowest BCUT2D eigenvalue weighted by molar-refractivity contribution is -0.215. The van der Waals surface area contributed by atoms with Crippen molar-refractivity contribution in [2.75, 3.05) is 19.8 Å². The van der Waals surface area contributed by atoms with Gasteiger partial charge in [0.15, 0.2) is 12.0 Å². The molecule has 0 radical (unpaired) electrons. The fraction of sp³-hybridized carbons (Fsp3) is 0.444. The molecule has 1 fully saturated rings. The molecule has 0 unspecified atom stereocenters. The van der Waals surface area contributed by atoms with E-state index < -0.39 is 0 Å². The molecule has 0 aliphatic carbocycles. The maximum atomic E-state index is 5.61. The normalized spacial score (nSPS) is 18.7. The van der Waals surface area contributed by atoms with E-state index in [9.17, 15) is 0 Å². The average molecular weight is 313 g/mol. The molecule has 0 amide bonds. The van der Waals surface area contributed by atoms with Gasteiger partial charge in [-0.05, 0) is 30.5 Å². The predicted molar refractivity (Wildman–Crippen MR) is 92.5 cm³/mol. The maximum absolute atomic E-state index is 5.61. The van der Waals surface area contributed by atoms with Crippen LogP contribution in [0.25, 0.3) is 0 Å². The summed E-state index contributed by atoms with van der Waals surface area (Å²) < 4.78 is 11.2. The zero-order valence-electron chi connectivity index (χ0n) is 13.9. The fourth-order valence-electron chi connectivity index (χ4n) is 2.01. The summed E-state index contributed by atoms with van der Waals surface area (Å²) in [5, 5.41) is 3.64. The first-order valence-corrected chi connectivity index (χ1v) is 7.58. The minimum absolute atomic E-state index is 0.0589. The van der Waals surface area contributed by atoms with Crippen molar-refractivity contribution >= 4 is 11.9 Å². The largest absolute Gasteiger partial charge is 0.350 e. The summed E-state index contributed by atoms with van der Waals surface area (Å²) in [5.74, 6) is 11.3. The van der Waals surface area contributed by atoms with Crippen LogP contribution in [0.3, 0.4) is 0 Å². The second kappa shape index (κ2) is 7.91. The Hall–Kier alpha value is -2.16. The van der Waals surface area contributed by atoms with Gasteiger partial charge in [-0.25, -0.2) is 0 Å². The SMILES string of the molecule is Cc1cccc(C#C/C(C=NCC2OCC(C)(C)CO2)=N/N)c1. The van der Waals surface area contributed by atoms with Gasteiger partial charge in [-0.3, -0.25) is 4.99 Å². The summed E-state index contributed by atoms with van der Waals surface area (Å²) in [6.07, 6.45) is 1.23. The average Bonchev–Trinajstić information content (AvgIpc) is 2.52. The smallest absolute Gasteiger partial charge is 0.176 e. The molecule has 2 N–H and O–H groups in total. The van der Waals surface area contributed by atoms with Crippen LogP contribution in [0, 0.1) is 24.2 Å². The minimum atomic E-state index is -0.317. The lowest BCUT2D eigenvalue weighted by Gasteiger charge is -2.33. The monoisotopic (exact) mass is 313 g/mol. The van der Waals surface area contributed by atoms with Crippen LogP contribution in [0.2, 0.25) is 0 Å². The number of hydrogen-bond acceptors (Lipinski definition) is 5. The van der Waals surface area contributed by atoms with E-state index in [-0.39, 0.29) is 11.7 Å². The van der Waals surface area contributed by atoms with Crippen molar-refractivity contribution in [3.63, 3.8) is 0 Å². The van der Waals surface area contributed by atoms with E-state index in [2.05, 4.69) is 35.8 Å². The first-order chi connectivity index (χ1) is 11.0. The first kappa shape index (κ1) is 17.2. The lowest BCUT2D eigenvalue weighted by Crippen LogP contribution is -2.39. The van der Waals surface area contributed by atoms with E-state index in [4.69, 9.17) is 15.3 Å². The van der Waals surface area contributed by atoms with Crippen molar-refractivity contribution in [2.45, 2.75) is 27.1 Å². The molecule has 2 rings (SSSR count). The highest BCUT2D eigenvalue weighted by atomic mass is 16.7. The Kier molecular flexibility index (Phi) is 5.91. The molecule has 0 atom stereocenters. The quantitative estimate of drug-likeness (QED) is 0.402.